The van der Waals surface area contributed by atoms with E-state index in [2.05, 4.69) is 9.97 Å². The summed E-state index contributed by atoms with van der Waals surface area (Å²) in [7, 11) is 3.02. The van der Waals surface area contributed by atoms with Crippen molar-refractivity contribution < 1.29 is 0 Å². The van der Waals surface area contributed by atoms with E-state index in [1.54, 1.807) is 14.0 Å². The maximum Gasteiger partial charge on any atom is 0.331 e. The van der Waals surface area contributed by atoms with E-state index in [-0.39, 0.29) is 11.2 Å². The fourth-order valence-corrected chi connectivity index (χ4v) is 1.44. The number of aromatic nitrogens is 4. The lowest BCUT2D eigenvalue weighted by Crippen LogP contribution is -2.37. The second kappa shape index (κ2) is 3.01. The minimum absolute atomic E-state index is 0.270. The molecular weight excluding hydrogens is 196 g/mol. The SMILES string of the molecule is Cc1ncc2c(n1)c(=O)n(C)c(=O)n2C. The molecular formula is C9H10N4O2. The van der Waals surface area contributed by atoms with Gasteiger partial charge in [-0.3, -0.25) is 13.9 Å². The van der Waals surface area contributed by atoms with Crippen molar-refractivity contribution in [2.75, 3.05) is 0 Å². The molecule has 2 rings (SSSR count). The van der Waals surface area contributed by atoms with Gasteiger partial charge >= 0.3 is 5.69 Å². The van der Waals surface area contributed by atoms with Crippen LogP contribution in [0.2, 0.25) is 0 Å². The second-order valence-electron chi connectivity index (χ2n) is 3.36. The summed E-state index contributed by atoms with van der Waals surface area (Å²) < 4.78 is 2.39. The molecule has 2 aromatic rings. The predicted molar refractivity (Wildman–Crippen MR) is 54.8 cm³/mol. The van der Waals surface area contributed by atoms with Crippen LogP contribution >= 0.6 is 0 Å². The molecule has 0 aliphatic carbocycles. The summed E-state index contributed by atoms with van der Waals surface area (Å²) in [6.07, 6.45) is 1.49. The van der Waals surface area contributed by atoms with Crippen LogP contribution in [0.4, 0.5) is 0 Å². The van der Waals surface area contributed by atoms with Gasteiger partial charge in [0.2, 0.25) is 0 Å². The molecule has 0 spiro atoms. The zero-order chi connectivity index (χ0) is 11.2. The third-order valence-corrected chi connectivity index (χ3v) is 2.33. The van der Waals surface area contributed by atoms with Crippen LogP contribution in [-0.4, -0.2) is 19.1 Å². The van der Waals surface area contributed by atoms with Crippen molar-refractivity contribution in [1.82, 2.24) is 19.1 Å². The van der Waals surface area contributed by atoms with E-state index in [9.17, 15) is 9.59 Å². The molecule has 0 saturated heterocycles. The molecule has 2 heterocycles. The summed E-state index contributed by atoms with van der Waals surface area (Å²) in [5.41, 5.74) is -0.0423. The molecule has 15 heavy (non-hydrogen) atoms. The van der Waals surface area contributed by atoms with Gasteiger partial charge in [-0.1, -0.05) is 0 Å². The maximum absolute atomic E-state index is 11.7. The van der Waals surface area contributed by atoms with Crippen molar-refractivity contribution in [2.24, 2.45) is 14.1 Å². The van der Waals surface area contributed by atoms with Gasteiger partial charge in [-0.2, -0.15) is 0 Å². The number of fused-ring (bicyclic) bond motifs is 1. The van der Waals surface area contributed by atoms with E-state index in [0.717, 1.165) is 4.57 Å². The lowest BCUT2D eigenvalue weighted by Gasteiger charge is -2.05. The van der Waals surface area contributed by atoms with Crippen molar-refractivity contribution in [3.8, 4) is 0 Å². The first-order valence-electron chi connectivity index (χ1n) is 4.41. The minimum Gasteiger partial charge on any atom is -0.293 e. The lowest BCUT2D eigenvalue weighted by atomic mass is 10.4. The van der Waals surface area contributed by atoms with Gasteiger partial charge < -0.3 is 0 Å². The molecule has 0 saturated carbocycles. The number of rotatable bonds is 0. The van der Waals surface area contributed by atoms with Gasteiger partial charge in [0.05, 0.1) is 11.7 Å². The normalized spacial score (nSPS) is 10.9. The Morgan fingerprint density at radius 2 is 1.87 bits per heavy atom. The van der Waals surface area contributed by atoms with Crippen LogP contribution < -0.4 is 11.2 Å². The van der Waals surface area contributed by atoms with Crippen molar-refractivity contribution in [3.05, 3.63) is 32.9 Å². The van der Waals surface area contributed by atoms with E-state index in [1.807, 2.05) is 0 Å². The molecule has 0 atom stereocenters. The van der Waals surface area contributed by atoms with Gasteiger partial charge in [0, 0.05) is 14.1 Å². The summed E-state index contributed by atoms with van der Waals surface area (Å²) in [5.74, 6) is 0.512. The van der Waals surface area contributed by atoms with E-state index in [0.29, 0.717) is 11.3 Å². The Kier molecular flexibility index (Phi) is 1.92. The highest BCUT2D eigenvalue weighted by molar-refractivity contribution is 5.72. The third kappa shape index (κ3) is 1.25. The smallest absolute Gasteiger partial charge is 0.293 e. The molecule has 0 unspecified atom stereocenters. The average Bonchev–Trinajstić information content (AvgIpc) is 2.23. The van der Waals surface area contributed by atoms with Crippen molar-refractivity contribution in [3.63, 3.8) is 0 Å². The Bertz CT molecular complexity index is 653. The number of hydrogen-bond acceptors (Lipinski definition) is 4. The Morgan fingerprint density at radius 1 is 1.20 bits per heavy atom. The van der Waals surface area contributed by atoms with E-state index in [1.165, 1.54) is 17.8 Å². The van der Waals surface area contributed by atoms with Crippen molar-refractivity contribution in [1.29, 1.82) is 0 Å². The Hall–Kier alpha value is -1.98. The van der Waals surface area contributed by atoms with Gasteiger partial charge in [0.15, 0.2) is 5.52 Å². The molecule has 0 aromatic carbocycles. The second-order valence-corrected chi connectivity index (χ2v) is 3.36. The fraction of sp³-hybridized carbons (Fsp3) is 0.333. The molecule has 0 aliphatic rings. The largest absolute Gasteiger partial charge is 0.331 e. The molecule has 6 nitrogen and oxygen atoms in total. The molecule has 0 aliphatic heterocycles. The molecule has 0 amide bonds. The summed E-state index contributed by atoms with van der Waals surface area (Å²) in [6.45, 7) is 1.70. The van der Waals surface area contributed by atoms with Crippen LogP contribution in [0.25, 0.3) is 11.0 Å². The Balaban J connectivity index is 3.15. The Morgan fingerprint density at radius 3 is 2.53 bits per heavy atom. The maximum atomic E-state index is 11.7. The topological polar surface area (TPSA) is 69.8 Å². The van der Waals surface area contributed by atoms with Crippen LogP contribution in [-0.2, 0) is 14.1 Å². The predicted octanol–water partition coefficient (Wildman–Crippen LogP) is -0.664. The van der Waals surface area contributed by atoms with Crippen LogP contribution in [0.15, 0.2) is 15.8 Å². The molecule has 6 heteroatoms. The number of hydrogen-bond donors (Lipinski definition) is 0. The number of nitrogens with zero attached hydrogens (tertiary/aromatic N) is 4. The molecule has 0 radical (unpaired) electrons. The third-order valence-electron chi connectivity index (χ3n) is 2.33. The van der Waals surface area contributed by atoms with E-state index >= 15 is 0 Å². The summed E-state index contributed by atoms with van der Waals surface area (Å²) in [4.78, 5) is 31.3. The van der Waals surface area contributed by atoms with Crippen LogP contribution in [0.1, 0.15) is 5.82 Å². The molecule has 2 aromatic heterocycles. The highest BCUT2D eigenvalue weighted by Gasteiger charge is 2.09. The summed E-state index contributed by atoms with van der Waals surface area (Å²) in [5, 5.41) is 0. The van der Waals surface area contributed by atoms with Gasteiger partial charge in [-0.15, -0.1) is 0 Å². The van der Waals surface area contributed by atoms with Crippen molar-refractivity contribution >= 4 is 11.0 Å². The highest BCUT2D eigenvalue weighted by Crippen LogP contribution is 2.01. The van der Waals surface area contributed by atoms with Crippen LogP contribution in [0.3, 0.4) is 0 Å². The zero-order valence-corrected chi connectivity index (χ0v) is 8.68. The Labute approximate surface area is 84.8 Å². The van der Waals surface area contributed by atoms with Crippen LogP contribution in [0.5, 0.6) is 0 Å². The molecule has 78 valence electrons. The van der Waals surface area contributed by atoms with Crippen molar-refractivity contribution in [2.45, 2.75) is 6.92 Å². The molecule has 0 fully saturated rings. The monoisotopic (exact) mass is 206 g/mol. The minimum atomic E-state index is -0.390. The summed E-state index contributed by atoms with van der Waals surface area (Å²) >= 11 is 0. The van der Waals surface area contributed by atoms with Crippen LogP contribution in [0, 0.1) is 6.92 Å². The molecule has 0 N–H and O–H groups in total. The zero-order valence-electron chi connectivity index (χ0n) is 8.68. The highest BCUT2D eigenvalue weighted by atomic mass is 16.2. The first kappa shape index (κ1) is 9.57. The fourth-order valence-electron chi connectivity index (χ4n) is 1.44. The van der Waals surface area contributed by atoms with Gasteiger partial charge in [0.25, 0.3) is 5.56 Å². The quantitative estimate of drug-likeness (QED) is 0.573. The first-order chi connectivity index (χ1) is 7.02. The van der Waals surface area contributed by atoms with E-state index < -0.39 is 5.56 Å². The lowest BCUT2D eigenvalue weighted by molar-refractivity contribution is 0.708. The van der Waals surface area contributed by atoms with Gasteiger partial charge in [-0.05, 0) is 6.92 Å². The van der Waals surface area contributed by atoms with Gasteiger partial charge in [0.1, 0.15) is 5.82 Å². The van der Waals surface area contributed by atoms with E-state index in [4.69, 9.17) is 0 Å². The average molecular weight is 206 g/mol. The molecule has 0 bridgehead atoms. The first-order valence-corrected chi connectivity index (χ1v) is 4.41. The van der Waals surface area contributed by atoms with Gasteiger partial charge in [-0.25, -0.2) is 14.8 Å². The number of aryl methyl sites for hydroxylation is 2. The standard InChI is InChI=1S/C9H10N4O2/c1-5-10-4-6-7(11-5)8(14)13(3)9(15)12(6)2/h4H,1-3H3. The summed E-state index contributed by atoms with van der Waals surface area (Å²) in [6, 6.07) is 0.